The number of H-pyrrole nitrogens is 1. The summed E-state index contributed by atoms with van der Waals surface area (Å²) in [7, 11) is 1.47. The number of aromatic amines is 1. The molecule has 0 unspecified atom stereocenters. The first-order chi connectivity index (χ1) is 16.9. The Morgan fingerprint density at radius 2 is 2.00 bits per heavy atom. The number of carboxylic acids is 1. The Morgan fingerprint density at radius 1 is 1.23 bits per heavy atom. The molecule has 0 amide bonds. The van der Waals surface area contributed by atoms with Crippen molar-refractivity contribution >= 4 is 27.8 Å². The van der Waals surface area contributed by atoms with Gasteiger partial charge < -0.3 is 19.1 Å². The van der Waals surface area contributed by atoms with Crippen molar-refractivity contribution in [3.8, 4) is 5.69 Å². The number of fused-ring (bicyclic) bond motifs is 2. The third-order valence-electron chi connectivity index (χ3n) is 7.95. The van der Waals surface area contributed by atoms with Crippen LogP contribution in [0.4, 0.5) is 4.39 Å². The summed E-state index contributed by atoms with van der Waals surface area (Å²) in [6.07, 6.45) is 4.39. The van der Waals surface area contributed by atoms with Crippen LogP contribution in [-0.4, -0.2) is 51.8 Å². The minimum Gasteiger partial charge on any atom is -0.479 e. The standard InChI is InChI=1S/C27H28FN3O4/c1-15-9-19(3-4-21(15)28)31-23-10-17-14-29-30-22(17)11-20(23)24(25(31)16-5-7-35-8-6-16)18-12-27(13-18,34-2)26(32)33/h3-4,9-11,14,16,18H,5-8,12-13H2,1-2H3,(H,29,30)(H,32,33)/t18-,27+. The van der Waals surface area contributed by atoms with Gasteiger partial charge in [0.25, 0.3) is 0 Å². The van der Waals surface area contributed by atoms with Crippen LogP contribution < -0.4 is 0 Å². The summed E-state index contributed by atoms with van der Waals surface area (Å²) in [6, 6.07) is 9.47. The van der Waals surface area contributed by atoms with Crippen LogP contribution >= 0.6 is 0 Å². The quantitative estimate of drug-likeness (QED) is 0.413. The van der Waals surface area contributed by atoms with E-state index in [9.17, 15) is 14.3 Å². The smallest absolute Gasteiger partial charge is 0.335 e. The van der Waals surface area contributed by atoms with Crippen LogP contribution in [0, 0.1) is 12.7 Å². The highest BCUT2D eigenvalue weighted by atomic mass is 19.1. The van der Waals surface area contributed by atoms with Crippen molar-refractivity contribution in [2.24, 2.45) is 0 Å². The second kappa shape index (κ2) is 8.17. The van der Waals surface area contributed by atoms with Crippen molar-refractivity contribution in [3.63, 3.8) is 0 Å². The molecule has 2 fully saturated rings. The highest BCUT2D eigenvalue weighted by Gasteiger charge is 2.53. The Kier molecular flexibility index (Phi) is 5.19. The maximum atomic E-state index is 14.2. The highest BCUT2D eigenvalue weighted by Crippen LogP contribution is 2.53. The van der Waals surface area contributed by atoms with Crippen LogP contribution in [0.3, 0.4) is 0 Å². The van der Waals surface area contributed by atoms with E-state index in [2.05, 4.69) is 26.9 Å². The summed E-state index contributed by atoms with van der Waals surface area (Å²) in [5.41, 5.74) is 4.62. The Morgan fingerprint density at radius 3 is 2.69 bits per heavy atom. The van der Waals surface area contributed by atoms with Gasteiger partial charge in [0.1, 0.15) is 5.82 Å². The van der Waals surface area contributed by atoms with Crippen molar-refractivity contribution in [1.82, 2.24) is 14.8 Å². The molecule has 0 bridgehead atoms. The number of aromatic nitrogens is 3. The number of benzene rings is 2. The predicted octanol–water partition coefficient (Wildman–Crippen LogP) is 5.20. The molecule has 2 aromatic carbocycles. The molecule has 1 aliphatic carbocycles. The number of carboxylic acid groups (broad SMARTS) is 1. The van der Waals surface area contributed by atoms with E-state index < -0.39 is 11.6 Å². The molecule has 1 aliphatic heterocycles. The fourth-order valence-electron chi connectivity index (χ4n) is 5.99. The van der Waals surface area contributed by atoms with Gasteiger partial charge in [-0.1, -0.05) is 0 Å². The van der Waals surface area contributed by atoms with E-state index in [4.69, 9.17) is 9.47 Å². The Labute approximate surface area is 201 Å². The van der Waals surface area contributed by atoms with Crippen molar-refractivity contribution < 1.29 is 23.8 Å². The fraction of sp³-hybridized carbons (Fsp3) is 0.407. The van der Waals surface area contributed by atoms with Gasteiger partial charge >= 0.3 is 5.97 Å². The average Bonchev–Trinajstić information content (AvgIpc) is 3.41. The number of aliphatic carboxylic acids is 1. The van der Waals surface area contributed by atoms with Gasteiger partial charge in [-0.15, -0.1) is 0 Å². The van der Waals surface area contributed by atoms with Crippen molar-refractivity contribution in [1.29, 1.82) is 0 Å². The highest BCUT2D eigenvalue weighted by molar-refractivity contribution is 5.99. The molecule has 182 valence electrons. The summed E-state index contributed by atoms with van der Waals surface area (Å²) < 4.78 is 27.7. The van der Waals surface area contributed by atoms with E-state index in [0.29, 0.717) is 31.6 Å². The average molecular weight is 478 g/mol. The monoisotopic (exact) mass is 477 g/mol. The maximum Gasteiger partial charge on any atom is 0.335 e. The Bertz CT molecular complexity index is 1440. The molecular weight excluding hydrogens is 449 g/mol. The van der Waals surface area contributed by atoms with Gasteiger partial charge in [-0.3, -0.25) is 5.10 Å². The lowest BCUT2D eigenvalue weighted by Gasteiger charge is -2.44. The van der Waals surface area contributed by atoms with Gasteiger partial charge in [-0.2, -0.15) is 5.10 Å². The zero-order valence-corrected chi connectivity index (χ0v) is 19.8. The van der Waals surface area contributed by atoms with Gasteiger partial charge in [0.05, 0.1) is 17.2 Å². The van der Waals surface area contributed by atoms with Gasteiger partial charge in [0, 0.05) is 48.4 Å². The van der Waals surface area contributed by atoms with Crippen LogP contribution in [0.1, 0.15) is 54.3 Å². The molecule has 0 spiro atoms. The third-order valence-corrected chi connectivity index (χ3v) is 7.95. The molecule has 2 aromatic heterocycles. The fourth-order valence-corrected chi connectivity index (χ4v) is 5.99. The molecule has 6 rings (SSSR count). The number of rotatable bonds is 5. The molecule has 2 aliphatic rings. The number of hydrogen-bond donors (Lipinski definition) is 2. The van der Waals surface area contributed by atoms with E-state index in [1.54, 1.807) is 13.1 Å². The molecule has 3 heterocycles. The summed E-state index contributed by atoms with van der Waals surface area (Å²) in [6.45, 7) is 3.14. The van der Waals surface area contributed by atoms with Crippen LogP contribution in [0.25, 0.3) is 27.5 Å². The Hall–Kier alpha value is -3.23. The first-order valence-corrected chi connectivity index (χ1v) is 12.1. The third kappa shape index (κ3) is 3.38. The minimum absolute atomic E-state index is 0.0366. The summed E-state index contributed by atoms with van der Waals surface area (Å²) in [5.74, 6) is -0.872. The maximum absolute atomic E-state index is 14.2. The SMILES string of the molecule is CO[C@]1(C(=O)O)C[C@H](c2c(C3CCOCC3)n(-c3ccc(F)c(C)c3)c3cc4cn[nH]c4cc32)C1. The van der Waals surface area contributed by atoms with E-state index in [-0.39, 0.29) is 17.7 Å². The number of carbonyl (C=O) groups is 1. The number of methoxy groups -OCH3 is 1. The first kappa shape index (κ1) is 22.2. The predicted molar refractivity (Wildman–Crippen MR) is 130 cm³/mol. The topological polar surface area (TPSA) is 89.4 Å². The van der Waals surface area contributed by atoms with Crippen LogP contribution in [-0.2, 0) is 14.3 Å². The molecule has 1 saturated heterocycles. The number of nitrogens with one attached hydrogen (secondary N) is 1. The van der Waals surface area contributed by atoms with Crippen LogP contribution in [0.5, 0.6) is 0 Å². The zero-order valence-electron chi connectivity index (χ0n) is 19.8. The molecule has 0 atom stereocenters. The Balaban J connectivity index is 1.64. The molecule has 1 saturated carbocycles. The second-order valence-corrected chi connectivity index (χ2v) is 9.89. The molecule has 0 radical (unpaired) electrons. The number of hydrogen-bond acceptors (Lipinski definition) is 4. The molecule has 7 nitrogen and oxygen atoms in total. The first-order valence-electron chi connectivity index (χ1n) is 12.1. The molecular formula is C27H28FN3O4. The van der Waals surface area contributed by atoms with Gasteiger partial charge in [-0.25, -0.2) is 9.18 Å². The zero-order chi connectivity index (χ0) is 24.3. The minimum atomic E-state index is -1.16. The van der Waals surface area contributed by atoms with E-state index >= 15 is 0 Å². The summed E-state index contributed by atoms with van der Waals surface area (Å²) in [4.78, 5) is 12.0. The van der Waals surface area contributed by atoms with Crippen LogP contribution in [0.15, 0.2) is 36.5 Å². The van der Waals surface area contributed by atoms with Crippen molar-refractivity contribution in [2.75, 3.05) is 20.3 Å². The van der Waals surface area contributed by atoms with Gasteiger partial charge in [0.15, 0.2) is 5.60 Å². The van der Waals surface area contributed by atoms with E-state index in [0.717, 1.165) is 40.3 Å². The number of ether oxygens (including phenoxy) is 2. The lowest BCUT2D eigenvalue weighted by atomic mass is 9.66. The normalized spacial score (nSPS) is 23.1. The van der Waals surface area contributed by atoms with Gasteiger partial charge in [0.2, 0.25) is 0 Å². The number of halogens is 1. The number of nitrogens with zero attached hydrogens (tertiary/aromatic N) is 2. The largest absolute Gasteiger partial charge is 0.479 e. The van der Waals surface area contributed by atoms with Crippen LogP contribution in [0.2, 0.25) is 0 Å². The summed E-state index contributed by atoms with van der Waals surface area (Å²) >= 11 is 0. The lowest BCUT2D eigenvalue weighted by molar-refractivity contribution is -0.175. The molecule has 8 heteroatoms. The van der Waals surface area contributed by atoms with Gasteiger partial charge in [-0.05, 0) is 80.0 Å². The number of aryl methyl sites for hydroxylation is 1. The second-order valence-electron chi connectivity index (χ2n) is 9.89. The van der Waals surface area contributed by atoms with E-state index in [1.807, 2.05) is 12.1 Å². The summed E-state index contributed by atoms with van der Waals surface area (Å²) in [5, 5.41) is 19.2. The van der Waals surface area contributed by atoms with E-state index in [1.165, 1.54) is 24.4 Å². The molecule has 2 N–H and O–H groups in total. The molecule has 4 aromatic rings. The molecule has 35 heavy (non-hydrogen) atoms. The van der Waals surface area contributed by atoms with Crippen molar-refractivity contribution in [3.05, 3.63) is 59.2 Å². The van der Waals surface area contributed by atoms with Crippen molar-refractivity contribution in [2.45, 2.75) is 50.0 Å². The lowest BCUT2D eigenvalue weighted by Crippen LogP contribution is -2.51.